The molecule has 3 rings (SSSR count). The molecule has 0 radical (unpaired) electrons. The van der Waals surface area contributed by atoms with Gasteiger partial charge in [-0.3, -0.25) is 0 Å². The Hall–Kier alpha value is -3.45. The van der Waals surface area contributed by atoms with Gasteiger partial charge in [0.15, 0.2) is 17.7 Å². The summed E-state index contributed by atoms with van der Waals surface area (Å²) in [6.45, 7) is 9.53. The van der Waals surface area contributed by atoms with Crippen LogP contribution < -0.4 is 9.47 Å². The molecule has 258 valence electrons. The summed E-state index contributed by atoms with van der Waals surface area (Å²) in [5.41, 5.74) is 3.17. The first-order valence-electron chi connectivity index (χ1n) is 18.1. The van der Waals surface area contributed by atoms with Crippen molar-refractivity contribution >= 4 is 5.97 Å². The molecule has 7 nitrogen and oxygen atoms in total. The fraction of sp³-hybridized carbons (Fsp3) is 0.575. The van der Waals surface area contributed by atoms with Gasteiger partial charge < -0.3 is 18.9 Å². The monoisotopic (exact) mass is 646 g/mol. The number of rotatable bonds is 25. The summed E-state index contributed by atoms with van der Waals surface area (Å²) in [6, 6.07) is 16.5. The van der Waals surface area contributed by atoms with E-state index in [9.17, 15) is 4.79 Å². The number of hydrogen-bond acceptors (Lipinski definition) is 7. The third-order valence-electron chi connectivity index (χ3n) is 8.23. The highest BCUT2D eigenvalue weighted by Gasteiger charge is 2.18. The zero-order chi connectivity index (χ0) is 33.5. The van der Waals surface area contributed by atoms with Gasteiger partial charge in [0, 0.05) is 12.2 Å². The maximum Gasteiger partial charge on any atom is 0.335 e. The summed E-state index contributed by atoms with van der Waals surface area (Å²) in [4.78, 5) is 21.3. The minimum atomic E-state index is -0.592. The van der Waals surface area contributed by atoms with Crippen molar-refractivity contribution < 1.29 is 23.7 Å². The van der Waals surface area contributed by atoms with Gasteiger partial charge >= 0.3 is 5.97 Å². The Morgan fingerprint density at radius 3 is 1.66 bits per heavy atom. The normalized spacial score (nSPS) is 12.4. The number of aromatic nitrogens is 2. The highest BCUT2D eigenvalue weighted by atomic mass is 16.6. The van der Waals surface area contributed by atoms with Crippen LogP contribution in [-0.2, 0) is 14.3 Å². The minimum Gasteiger partial charge on any atom is -0.494 e. The topological polar surface area (TPSA) is 79.8 Å². The summed E-state index contributed by atoms with van der Waals surface area (Å²) < 4.78 is 22.9. The Morgan fingerprint density at radius 2 is 1.09 bits per heavy atom. The van der Waals surface area contributed by atoms with Crippen LogP contribution in [0.3, 0.4) is 0 Å². The number of nitrogens with zero attached hydrogens (tertiary/aromatic N) is 2. The van der Waals surface area contributed by atoms with Gasteiger partial charge in [0.2, 0.25) is 0 Å². The van der Waals surface area contributed by atoms with Crippen LogP contribution >= 0.6 is 0 Å². The molecular weight excluding hydrogens is 588 g/mol. The second kappa shape index (κ2) is 23.0. The van der Waals surface area contributed by atoms with Gasteiger partial charge in [-0.25, -0.2) is 14.8 Å². The van der Waals surface area contributed by atoms with Gasteiger partial charge in [0.05, 0.1) is 19.0 Å². The predicted molar refractivity (Wildman–Crippen MR) is 191 cm³/mol. The Morgan fingerprint density at radius 1 is 0.596 bits per heavy atom. The maximum absolute atomic E-state index is 12.3. The highest BCUT2D eigenvalue weighted by Crippen LogP contribution is 2.26. The molecule has 0 aliphatic heterocycles. The Kier molecular flexibility index (Phi) is 18.6. The van der Waals surface area contributed by atoms with E-state index in [1.165, 1.54) is 70.6 Å². The number of ether oxygens (including phenoxy) is 4. The molecule has 2 atom stereocenters. The first kappa shape index (κ1) is 38.0. The van der Waals surface area contributed by atoms with Crippen LogP contribution in [0.4, 0.5) is 0 Å². The highest BCUT2D eigenvalue weighted by molar-refractivity contribution is 5.74. The zero-order valence-electron chi connectivity index (χ0n) is 29.4. The summed E-state index contributed by atoms with van der Waals surface area (Å²) in [5.74, 6) is 1.67. The van der Waals surface area contributed by atoms with E-state index in [-0.39, 0.29) is 12.6 Å². The Labute approximate surface area is 283 Å². The lowest BCUT2D eigenvalue weighted by atomic mass is 10.0. The quantitative estimate of drug-likeness (QED) is 0.0669. The molecule has 1 aromatic heterocycles. The van der Waals surface area contributed by atoms with Gasteiger partial charge in [-0.05, 0) is 49.9 Å². The van der Waals surface area contributed by atoms with Crippen molar-refractivity contribution in [2.45, 2.75) is 130 Å². The van der Waals surface area contributed by atoms with Crippen molar-refractivity contribution in [2.75, 3.05) is 19.8 Å². The van der Waals surface area contributed by atoms with Crippen LogP contribution in [0.2, 0.25) is 0 Å². The number of unbranched alkanes of at least 4 members (excludes halogenated alkanes) is 12. The molecule has 0 aliphatic rings. The third kappa shape index (κ3) is 15.3. The molecule has 0 saturated heterocycles. The van der Waals surface area contributed by atoms with Crippen molar-refractivity contribution in [3.8, 4) is 34.0 Å². The van der Waals surface area contributed by atoms with Crippen LogP contribution in [0.1, 0.15) is 118 Å². The molecule has 0 bridgehead atoms. The van der Waals surface area contributed by atoms with E-state index >= 15 is 0 Å². The van der Waals surface area contributed by atoms with Crippen LogP contribution in [0.5, 0.6) is 11.5 Å². The number of esters is 1. The van der Waals surface area contributed by atoms with E-state index in [1.54, 1.807) is 26.2 Å². The van der Waals surface area contributed by atoms with Crippen LogP contribution in [0, 0.1) is 0 Å². The summed E-state index contributed by atoms with van der Waals surface area (Å²) in [6.07, 6.45) is 19.8. The predicted octanol–water partition coefficient (Wildman–Crippen LogP) is 10.4. The fourth-order valence-electron chi connectivity index (χ4n) is 5.27. The number of hydrogen-bond donors (Lipinski definition) is 0. The second-order valence-corrected chi connectivity index (χ2v) is 12.5. The number of benzene rings is 2. The largest absolute Gasteiger partial charge is 0.494 e. The first-order chi connectivity index (χ1) is 23.0. The van der Waals surface area contributed by atoms with Gasteiger partial charge in [-0.1, -0.05) is 127 Å². The molecular formula is C40H58N2O5. The maximum atomic E-state index is 12.3. The first-order valence-corrected chi connectivity index (χ1v) is 18.1. The zero-order valence-corrected chi connectivity index (χ0v) is 29.4. The van der Waals surface area contributed by atoms with Crippen LogP contribution in [0.15, 0.2) is 60.9 Å². The smallest absolute Gasteiger partial charge is 0.335 e. The van der Waals surface area contributed by atoms with Crippen LogP contribution in [-0.4, -0.2) is 48.0 Å². The SMILES string of the molecule is CCCCCCCCCCCOc1ccc(-c2ccc(-c3ncc(OC[C@H](C)OC(=O)C(C)OCCCCCCC)cn3)cc2)cc1. The van der Waals surface area contributed by atoms with Crippen molar-refractivity contribution in [3.63, 3.8) is 0 Å². The van der Waals surface area contributed by atoms with Crippen molar-refractivity contribution in [1.29, 1.82) is 0 Å². The third-order valence-corrected chi connectivity index (χ3v) is 8.23. The minimum absolute atomic E-state index is 0.204. The summed E-state index contributed by atoms with van der Waals surface area (Å²) >= 11 is 0. The number of carbonyl (C=O) groups is 1. The molecule has 1 heterocycles. The standard InChI is InChI=1S/C40H58N2O5/c1-5-7-9-11-12-13-14-16-18-28-45-37-25-23-35(24-26-37)34-19-21-36(22-20-34)39-41-29-38(30-42-39)46-31-32(3)47-40(43)33(4)44-27-17-15-10-8-6-2/h19-26,29-30,32-33H,5-18,27-28,31H2,1-4H3/t32-,33?/m0/s1. The second-order valence-electron chi connectivity index (χ2n) is 12.5. The van der Waals surface area contributed by atoms with Crippen molar-refractivity contribution in [3.05, 3.63) is 60.9 Å². The fourth-order valence-corrected chi connectivity index (χ4v) is 5.27. The Bertz CT molecular complexity index is 1230. The van der Waals surface area contributed by atoms with E-state index in [2.05, 4.69) is 48.1 Å². The molecule has 0 saturated carbocycles. The molecule has 3 aromatic rings. The summed E-state index contributed by atoms with van der Waals surface area (Å²) in [7, 11) is 0. The van der Waals surface area contributed by atoms with Gasteiger partial charge in [0.25, 0.3) is 0 Å². The van der Waals surface area contributed by atoms with Crippen molar-refractivity contribution in [1.82, 2.24) is 9.97 Å². The lowest BCUT2D eigenvalue weighted by Gasteiger charge is -2.17. The van der Waals surface area contributed by atoms with E-state index in [4.69, 9.17) is 18.9 Å². The summed E-state index contributed by atoms with van der Waals surface area (Å²) in [5, 5.41) is 0. The van der Waals surface area contributed by atoms with E-state index in [0.717, 1.165) is 48.3 Å². The average molecular weight is 647 g/mol. The van der Waals surface area contributed by atoms with E-state index in [0.29, 0.717) is 18.2 Å². The molecule has 1 unspecified atom stereocenters. The lowest BCUT2D eigenvalue weighted by molar-refractivity contribution is -0.162. The van der Waals surface area contributed by atoms with Crippen LogP contribution in [0.25, 0.3) is 22.5 Å². The molecule has 7 heteroatoms. The lowest BCUT2D eigenvalue weighted by Crippen LogP contribution is -2.30. The van der Waals surface area contributed by atoms with E-state index in [1.807, 2.05) is 24.3 Å². The Balaban J connectivity index is 1.34. The molecule has 0 amide bonds. The number of carbonyl (C=O) groups excluding carboxylic acids is 1. The average Bonchev–Trinajstić information content (AvgIpc) is 3.10. The van der Waals surface area contributed by atoms with E-state index < -0.39 is 12.2 Å². The molecule has 0 spiro atoms. The van der Waals surface area contributed by atoms with Gasteiger partial charge in [-0.15, -0.1) is 0 Å². The van der Waals surface area contributed by atoms with Gasteiger partial charge in [-0.2, -0.15) is 0 Å². The molecule has 47 heavy (non-hydrogen) atoms. The molecule has 0 aliphatic carbocycles. The van der Waals surface area contributed by atoms with Crippen molar-refractivity contribution in [2.24, 2.45) is 0 Å². The molecule has 2 aromatic carbocycles. The molecule has 0 fully saturated rings. The molecule has 0 N–H and O–H groups in total. The van der Waals surface area contributed by atoms with Gasteiger partial charge in [0.1, 0.15) is 18.5 Å².